The summed E-state index contributed by atoms with van der Waals surface area (Å²) in [5, 5.41) is 1.28. The summed E-state index contributed by atoms with van der Waals surface area (Å²) < 4.78 is 11.0. The average Bonchev–Trinajstić information content (AvgIpc) is 3.37. The van der Waals surface area contributed by atoms with Gasteiger partial charge in [-0.25, -0.2) is 0 Å². The van der Waals surface area contributed by atoms with E-state index in [0.29, 0.717) is 0 Å². The summed E-state index contributed by atoms with van der Waals surface area (Å²) >= 11 is 0. The lowest BCUT2D eigenvalue weighted by Gasteiger charge is -2.44. The number of ether oxygens (including phenoxy) is 2. The van der Waals surface area contributed by atoms with Gasteiger partial charge in [-0.2, -0.15) is 0 Å². The van der Waals surface area contributed by atoms with Gasteiger partial charge in [0, 0.05) is 42.6 Å². The molecule has 1 saturated heterocycles. The number of H-pyrrole nitrogens is 1. The minimum absolute atomic E-state index is 0.0957. The van der Waals surface area contributed by atoms with Crippen molar-refractivity contribution in [3.8, 4) is 22.8 Å². The van der Waals surface area contributed by atoms with Crippen LogP contribution in [0.5, 0.6) is 11.5 Å². The summed E-state index contributed by atoms with van der Waals surface area (Å²) in [4.78, 5) is 9.05. The summed E-state index contributed by atoms with van der Waals surface area (Å²) in [5.74, 6) is 1.78. The van der Waals surface area contributed by atoms with Crippen LogP contribution in [-0.4, -0.2) is 42.1 Å². The Hall–Kier alpha value is -4.06. The Morgan fingerprint density at radius 2 is 1.38 bits per heavy atom. The van der Waals surface area contributed by atoms with Crippen molar-refractivity contribution in [3.05, 3.63) is 120 Å². The summed E-state index contributed by atoms with van der Waals surface area (Å²) in [6.07, 6.45) is 1.21. The monoisotopic (exact) mass is 517 g/mol. The molecule has 0 spiro atoms. The SMILES string of the molecule is COc1ccc(CN2CCCN(Cc3cccc(OC)c3)[C@@H]2c2c(-c3ccccc3)[nH]c3ccccc23)cc1. The smallest absolute Gasteiger partial charge is 0.119 e. The zero-order chi connectivity index (χ0) is 26.6. The van der Waals surface area contributed by atoms with E-state index in [1.807, 2.05) is 6.07 Å². The lowest BCUT2D eigenvalue weighted by Crippen LogP contribution is -2.47. The number of methoxy groups -OCH3 is 2. The van der Waals surface area contributed by atoms with E-state index in [9.17, 15) is 0 Å². The van der Waals surface area contributed by atoms with Gasteiger partial charge in [-0.15, -0.1) is 0 Å². The molecular formula is C34H35N3O2. The standard InChI is InChI=1S/C34H35N3O2/c1-38-28-18-16-25(17-19-28)23-36-20-9-21-37(24-26-10-8-13-29(22-26)39-2)34(36)32-30-14-6-7-15-31(30)35-33(32)27-11-4-3-5-12-27/h3-8,10-19,22,34-35H,9,20-21,23-24H2,1-2H3/t34-/m1/s1. The van der Waals surface area contributed by atoms with Gasteiger partial charge in [-0.05, 0) is 53.4 Å². The van der Waals surface area contributed by atoms with Crippen molar-refractivity contribution in [2.75, 3.05) is 27.3 Å². The van der Waals surface area contributed by atoms with E-state index in [1.165, 1.54) is 38.9 Å². The third-order valence-electron chi connectivity index (χ3n) is 7.71. The van der Waals surface area contributed by atoms with Crippen LogP contribution in [0.25, 0.3) is 22.2 Å². The molecular weight excluding hydrogens is 482 g/mol. The van der Waals surface area contributed by atoms with Gasteiger partial charge in [-0.1, -0.05) is 72.8 Å². The Morgan fingerprint density at radius 3 is 2.13 bits per heavy atom. The van der Waals surface area contributed by atoms with Gasteiger partial charge < -0.3 is 14.5 Å². The number of fused-ring (bicyclic) bond motifs is 1. The van der Waals surface area contributed by atoms with Crippen LogP contribution in [0.1, 0.15) is 29.3 Å². The fraction of sp³-hybridized carbons (Fsp3) is 0.235. The molecule has 1 fully saturated rings. The predicted molar refractivity (Wildman–Crippen MR) is 158 cm³/mol. The van der Waals surface area contributed by atoms with Crippen molar-refractivity contribution in [1.29, 1.82) is 0 Å². The fourth-order valence-corrected chi connectivity index (χ4v) is 5.88. The Labute approximate surface area is 230 Å². The van der Waals surface area contributed by atoms with E-state index in [1.54, 1.807) is 14.2 Å². The van der Waals surface area contributed by atoms with Gasteiger partial charge in [-0.3, -0.25) is 9.80 Å². The number of benzene rings is 4. The summed E-state index contributed by atoms with van der Waals surface area (Å²) in [6, 6.07) is 36.4. The largest absolute Gasteiger partial charge is 0.497 e. The van der Waals surface area contributed by atoms with E-state index in [4.69, 9.17) is 9.47 Å². The van der Waals surface area contributed by atoms with Crippen molar-refractivity contribution < 1.29 is 9.47 Å². The third-order valence-corrected chi connectivity index (χ3v) is 7.71. The number of para-hydroxylation sites is 1. The Balaban J connectivity index is 1.47. The maximum Gasteiger partial charge on any atom is 0.119 e. The first-order valence-corrected chi connectivity index (χ1v) is 13.6. The van der Waals surface area contributed by atoms with Crippen LogP contribution in [0.15, 0.2) is 103 Å². The van der Waals surface area contributed by atoms with E-state index in [-0.39, 0.29) is 6.17 Å². The van der Waals surface area contributed by atoms with Crippen LogP contribution in [0.4, 0.5) is 0 Å². The molecule has 1 atom stereocenters. The highest BCUT2D eigenvalue weighted by molar-refractivity contribution is 5.91. The molecule has 0 saturated carbocycles. The molecule has 4 aromatic carbocycles. The lowest BCUT2D eigenvalue weighted by atomic mass is 9.98. The van der Waals surface area contributed by atoms with Gasteiger partial charge in [0.2, 0.25) is 0 Å². The minimum Gasteiger partial charge on any atom is -0.497 e. The van der Waals surface area contributed by atoms with Crippen molar-refractivity contribution >= 4 is 10.9 Å². The molecule has 6 rings (SSSR count). The molecule has 0 bridgehead atoms. The first-order valence-electron chi connectivity index (χ1n) is 13.6. The second kappa shape index (κ2) is 11.4. The van der Waals surface area contributed by atoms with Gasteiger partial charge in [0.05, 0.1) is 26.1 Å². The highest BCUT2D eigenvalue weighted by Crippen LogP contribution is 2.42. The molecule has 1 aromatic heterocycles. The zero-order valence-corrected chi connectivity index (χ0v) is 22.6. The van der Waals surface area contributed by atoms with Gasteiger partial charge >= 0.3 is 0 Å². The summed E-state index contributed by atoms with van der Waals surface area (Å²) in [6.45, 7) is 3.75. The quantitative estimate of drug-likeness (QED) is 0.235. The van der Waals surface area contributed by atoms with E-state index < -0.39 is 0 Å². The maximum absolute atomic E-state index is 5.55. The topological polar surface area (TPSA) is 40.7 Å². The first-order chi connectivity index (χ1) is 19.2. The molecule has 2 heterocycles. The number of aromatic nitrogens is 1. The highest BCUT2D eigenvalue weighted by atomic mass is 16.5. The molecule has 0 unspecified atom stereocenters. The molecule has 39 heavy (non-hydrogen) atoms. The van der Waals surface area contributed by atoms with Crippen LogP contribution in [0.3, 0.4) is 0 Å². The second-order valence-corrected chi connectivity index (χ2v) is 10.2. The Kier molecular flexibility index (Phi) is 7.35. The van der Waals surface area contributed by atoms with Crippen molar-refractivity contribution in [2.24, 2.45) is 0 Å². The first kappa shape index (κ1) is 25.2. The maximum atomic E-state index is 5.55. The third kappa shape index (κ3) is 5.29. The molecule has 0 amide bonds. The molecule has 5 aromatic rings. The van der Waals surface area contributed by atoms with Crippen molar-refractivity contribution in [1.82, 2.24) is 14.8 Å². The van der Waals surface area contributed by atoms with Crippen molar-refractivity contribution in [3.63, 3.8) is 0 Å². The number of aromatic amines is 1. The predicted octanol–water partition coefficient (Wildman–Crippen LogP) is 7.26. The molecule has 5 heteroatoms. The molecule has 1 aliphatic heterocycles. The summed E-state index contributed by atoms with van der Waals surface area (Å²) in [5.41, 5.74) is 7.45. The van der Waals surface area contributed by atoms with E-state index >= 15 is 0 Å². The van der Waals surface area contributed by atoms with E-state index in [0.717, 1.165) is 44.1 Å². The molecule has 0 radical (unpaired) electrons. The number of nitrogens with one attached hydrogen (secondary N) is 1. The molecule has 1 N–H and O–H groups in total. The van der Waals surface area contributed by atoms with Crippen LogP contribution in [-0.2, 0) is 13.1 Å². The summed E-state index contributed by atoms with van der Waals surface area (Å²) in [7, 11) is 3.45. The van der Waals surface area contributed by atoms with Gasteiger partial charge in [0.25, 0.3) is 0 Å². The molecule has 5 nitrogen and oxygen atoms in total. The number of hydrogen-bond acceptors (Lipinski definition) is 4. The highest BCUT2D eigenvalue weighted by Gasteiger charge is 2.34. The van der Waals surface area contributed by atoms with Gasteiger partial charge in [0.1, 0.15) is 11.5 Å². The normalized spacial score (nSPS) is 16.4. The van der Waals surface area contributed by atoms with Gasteiger partial charge in [0.15, 0.2) is 0 Å². The van der Waals surface area contributed by atoms with E-state index in [2.05, 4.69) is 112 Å². The van der Waals surface area contributed by atoms with Crippen molar-refractivity contribution in [2.45, 2.75) is 25.7 Å². The minimum atomic E-state index is 0.0957. The van der Waals surface area contributed by atoms with Crippen LogP contribution < -0.4 is 9.47 Å². The average molecular weight is 518 g/mol. The zero-order valence-electron chi connectivity index (χ0n) is 22.6. The second-order valence-electron chi connectivity index (χ2n) is 10.2. The number of rotatable bonds is 8. The van der Waals surface area contributed by atoms with Crippen LogP contribution in [0, 0.1) is 0 Å². The number of nitrogens with zero attached hydrogens (tertiary/aromatic N) is 2. The van der Waals surface area contributed by atoms with Crippen LogP contribution >= 0.6 is 0 Å². The van der Waals surface area contributed by atoms with Crippen LogP contribution in [0.2, 0.25) is 0 Å². The molecule has 198 valence electrons. The molecule has 1 aliphatic rings. The Bertz CT molecular complexity index is 1530. The molecule has 0 aliphatic carbocycles. The Morgan fingerprint density at radius 1 is 0.692 bits per heavy atom. The lowest BCUT2D eigenvalue weighted by molar-refractivity contribution is -0.00789. The number of hydrogen-bond donors (Lipinski definition) is 1. The fourth-order valence-electron chi connectivity index (χ4n) is 5.88.